The fourth-order valence-corrected chi connectivity index (χ4v) is 3.72. The van der Waals surface area contributed by atoms with Gasteiger partial charge in [-0.3, -0.25) is 18.7 Å². The van der Waals surface area contributed by atoms with Crippen LogP contribution >= 0.6 is 23.1 Å². The highest BCUT2D eigenvalue weighted by Crippen LogP contribution is 2.28. The summed E-state index contributed by atoms with van der Waals surface area (Å²) in [5, 5.41) is 13.6. The van der Waals surface area contributed by atoms with Gasteiger partial charge >= 0.3 is 5.69 Å². The van der Waals surface area contributed by atoms with E-state index in [1.54, 1.807) is 18.2 Å². The van der Waals surface area contributed by atoms with Crippen molar-refractivity contribution in [2.75, 3.05) is 16.4 Å². The van der Waals surface area contributed by atoms with Gasteiger partial charge in [-0.25, -0.2) is 9.18 Å². The van der Waals surface area contributed by atoms with Gasteiger partial charge in [0.05, 0.1) is 11.4 Å². The molecule has 0 bridgehead atoms. The van der Waals surface area contributed by atoms with Crippen LogP contribution in [-0.2, 0) is 18.9 Å². The molecule has 3 rings (SSSR count). The van der Waals surface area contributed by atoms with Crippen molar-refractivity contribution in [1.82, 2.24) is 19.3 Å². The lowest BCUT2D eigenvalue weighted by Gasteiger charge is -2.10. The number of halogens is 1. The Bertz CT molecular complexity index is 1140. The van der Waals surface area contributed by atoms with Crippen molar-refractivity contribution in [3.8, 4) is 0 Å². The van der Waals surface area contributed by atoms with Gasteiger partial charge in [0.25, 0.3) is 5.56 Å². The zero-order chi connectivity index (χ0) is 20.3. The predicted octanol–water partition coefficient (Wildman–Crippen LogP) is 1.55. The number of thioether (sulfide) groups is 1. The number of hydrogen-bond donors (Lipinski definition) is 2. The third-order valence-electron chi connectivity index (χ3n) is 3.64. The summed E-state index contributed by atoms with van der Waals surface area (Å²) in [5.74, 6) is -0.714. The number of anilines is 3. The molecule has 0 saturated carbocycles. The van der Waals surface area contributed by atoms with Gasteiger partial charge in [0.1, 0.15) is 11.6 Å². The van der Waals surface area contributed by atoms with Gasteiger partial charge in [-0.1, -0.05) is 35.2 Å². The number of nitrogens with one attached hydrogen (secondary N) is 2. The zero-order valence-electron chi connectivity index (χ0n) is 14.8. The Kier molecular flexibility index (Phi) is 5.90. The first kappa shape index (κ1) is 19.8. The van der Waals surface area contributed by atoms with E-state index in [0.717, 1.165) is 16.3 Å². The molecule has 0 saturated heterocycles. The third kappa shape index (κ3) is 4.46. The molecule has 0 radical (unpaired) electrons. The third-order valence-corrected chi connectivity index (χ3v) is 5.61. The molecule has 0 unspecified atom stereocenters. The lowest BCUT2D eigenvalue weighted by molar-refractivity contribution is -0.113. The van der Waals surface area contributed by atoms with Gasteiger partial charge in [-0.05, 0) is 12.1 Å². The van der Waals surface area contributed by atoms with Gasteiger partial charge in [0.15, 0.2) is 4.34 Å². The summed E-state index contributed by atoms with van der Waals surface area (Å²) in [7, 11) is 2.81. The maximum atomic E-state index is 13.6. The highest BCUT2D eigenvalue weighted by Gasteiger charge is 2.12. The van der Waals surface area contributed by atoms with Crippen molar-refractivity contribution in [2.24, 2.45) is 14.1 Å². The van der Waals surface area contributed by atoms with Gasteiger partial charge in [0, 0.05) is 20.2 Å². The van der Waals surface area contributed by atoms with Crippen molar-refractivity contribution in [1.29, 1.82) is 0 Å². The monoisotopic (exact) mass is 422 g/mol. The van der Waals surface area contributed by atoms with Crippen LogP contribution in [0.2, 0.25) is 0 Å². The van der Waals surface area contributed by atoms with Crippen LogP contribution in [-0.4, -0.2) is 31.0 Å². The molecule has 0 aliphatic carbocycles. The molecular formula is C16H15FN6O3S2. The largest absolute Gasteiger partial charge is 0.332 e. The van der Waals surface area contributed by atoms with Crippen LogP contribution in [0.4, 0.5) is 21.0 Å². The number of nitrogens with zero attached hydrogens (tertiary/aromatic N) is 4. The highest BCUT2D eigenvalue weighted by molar-refractivity contribution is 8.01. The average Bonchev–Trinajstić information content (AvgIpc) is 3.12. The first-order chi connectivity index (χ1) is 13.3. The van der Waals surface area contributed by atoms with Gasteiger partial charge < -0.3 is 10.6 Å². The molecule has 2 aromatic heterocycles. The van der Waals surface area contributed by atoms with E-state index in [-0.39, 0.29) is 17.3 Å². The van der Waals surface area contributed by atoms with Crippen LogP contribution in [0.1, 0.15) is 0 Å². The lowest BCUT2D eigenvalue weighted by atomic mass is 10.3. The Hall–Kier alpha value is -2.99. The molecule has 12 heteroatoms. The summed E-state index contributed by atoms with van der Waals surface area (Å²) >= 11 is 2.30. The first-order valence-corrected chi connectivity index (χ1v) is 9.70. The second-order valence-corrected chi connectivity index (χ2v) is 7.78. The normalized spacial score (nSPS) is 10.7. The molecule has 2 heterocycles. The van der Waals surface area contributed by atoms with E-state index in [1.807, 2.05) is 0 Å². The quantitative estimate of drug-likeness (QED) is 0.580. The molecule has 2 N–H and O–H groups in total. The van der Waals surface area contributed by atoms with Gasteiger partial charge in [-0.2, -0.15) is 0 Å². The van der Waals surface area contributed by atoms with Gasteiger partial charge in [0.2, 0.25) is 11.0 Å². The Morgan fingerprint density at radius 2 is 1.96 bits per heavy atom. The molecule has 1 aromatic carbocycles. The predicted molar refractivity (Wildman–Crippen MR) is 106 cm³/mol. The molecule has 0 fully saturated rings. The van der Waals surface area contributed by atoms with Crippen LogP contribution in [0.3, 0.4) is 0 Å². The maximum absolute atomic E-state index is 13.6. The molecule has 0 aliphatic rings. The summed E-state index contributed by atoms with van der Waals surface area (Å²) in [6, 6.07) is 7.35. The number of hydrogen-bond acceptors (Lipinski definition) is 8. The molecule has 28 heavy (non-hydrogen) atoms. The van der Waals surface area contributed by atoms with Crippen LogP contribution in [0, 0.1) is 5.82 Å². The smallest absolute Gasteiger partial charge is 0.328 e. The number of benzene rings is 1. The molecule has 3 aromatic rings. The summed E-state index contributed by atoms with van der Waals surface area (Å²) < 4.78 is 16.3. The van der Waals surface area contributed by atoms with E-state index in [0.29, 0.717) is 9.47 Å². The van der Waals surface area contributed by atoms with E-state index in [1.165, 1.54) is 42.1 Å². The number of para-hydroxylation sites is 1. The zero-order valence-corrected chi connectivity index (χ0v) is 16.4. The van der Waals surface area contributed by atoms with Crippen molar-refractivity contribution >= 4 is 45.6 Å². The Morgan fingerprint density at radius 1 is 1.21 bits per heavy atom. The van der Waals surface area contributed by atoms with Crippen molar-refractivity contribution in [2.45, 2.75) is 4.34 Å². The Morgan fingerprint density at radius 3 is 2.71 bits per heavy atom. The van der Waals surface area contributed by atoms with Crippen molar-refractivity contribution in [3.63, 3.8) is 0 Å². The summed E-state index contributed by atoms with van der Waals surface area (Å²) in [4.78, 5) is 35.7. The number of aromatic nitrogens is 4. The average molecular weight is 422 g/mol. The molecular weight excluding hydrogens is 407 g/mol. The Labute approximate surface area is 166 Å². The SMILES string of the molecule is Cn1c(NC(=O)CSc2nnc(Nc3ccccc3F)s2)cc(=O)n(C)c1=O. The number of rotatable bonds is 6. The van der Waals surface area contributed by atoms with Crippen LogP contribution in [0.5, 0.6) is 0 Å². The lowest BCUT2D eigenvalue weighted by Crippen LogP contribution is -2.38. The summed E-state index contributed by atoms with van der Waals surface area (Å²) in [5.41, 5.74) is -0.776. The van der Waals surface area contributed by atoms with Crippen LogP contribution < -0.4 is 21.9 Å². The van der Waals surface area contributed by atoms with E-state index in [4.69, 9.17) is 0 Å². The number of carbonyl (C=O) groups excluding carboxylic acids is 1. The fraction of sp³-hybridized carbons (Fsp3) is 0.188. The van der Waals surface area contributed by atoms with E-state index < -0.39 is 23.0 Å². The molecule has 0 aliphatic heterocycles. The van der Waals surface area contributed by atoms with Crippen molar-refractivity contribution < 1.29 is 9.18 Å². The summed E-state index contributed by atoms with van der Waals surface area (Å²) in [6.07, 6.45) is 0. The first-order valence-electron chi connectivity index (χ1n) is 7.90. The summed E-state index contributed by atoms with van der Waals surface area (Å²) in [6.45, 7) is 0. The molecule has 146 valence electrons. The standard InChI is InChI=1S/C16H15FN6O3S2/c1-22-11(7-13(25)23(2)16(22)26)19-12(24)8-27-15-21-20-14(28-15)18-10-6-4-3-5-9(10)17/h3-7H,8H2,1-2H3,(H,18,20)(H,19,24). The Balaban J connectivity index is 1.60. The minimum atomic E-state index is -0.538. The van der Waals surface area contributed by atoms with Crippen LogP contribution in [0.15, 0.2) is 44.3 Å². The van der Waals surface area contributed by atoms with Crippen molar-refractivity contribution in [3.05, 3.63) is 57.0 Å². The second-order valence-electron chi connectivity index (χ2n) is 5.58. The van der Waals surface area contributed by atoms with E-state index >= 15 is 0 Å². The molecule has 0 atom stereocenters. The molecule has 1 amide bonds. The minimum absolute atomic E-state index is 0.00225. The minimum Gasteiger partial charge on any atom is -0.328 e. The maximum Gasteiger partial charge on any atom is 0.332 e. The van der Waals surface area contributed by atoms with E-state index in [2.05, 4.69) is 20.8 Å². The number of carbonyl (C=O) groups is 1. The molecule has 0 spiro atoms. The van der Waals surface area contributed by atoms with Gasteiger partial charge in [-0.15, -0.1) is 10.2 Å². The fourth-order valence-electron chi connectivity index (χ4n) is 2.16. The van der Waals surface area contributed by atoms with Crippen LogP contribution in [0.25, 0.3) is 0 Å². The molecule has 9 nitrogen and oxygen atoms in total. The second kappa shape index (κ2) is 8.35. The van der Waals surface area contributed by atoms with E-state index in [9.17, 15) is 18.8 Å². The number of amides is 1. The topological polar surface area (TPSA) is 111 Å². The highest BCUT2D eigenvalue weighted by atomic mass is 32.2.